The number of nitrogens with one attached hydrogen (secondary N) is 1. The van der Waals surface area contributed by atoms with Gasteiger partial charge in [0.1, 0.15) is 5.76 Å². The fourth-order valence-corrected chi connectivity index (χ4v) is 1.73. The monoisotopic (exact) mass is 294 g/mol. The molecule has 2 aromatic rings. The first-order chi connectivity index (χ1) is 8.16. The van der Waals surface area contributed by atoms with Crippen molar-refractivity contribution < 1.29 is 9.21 Å². The van der Waals surface area contributed by atoms with Gasteiger partial charge in [-0.3, -0.25) is 4.79 Å². The van der Waals surface area contributed by atoms with E-state index in [2.05, 4.69) is 21.2 Å². The molecular weight excluding hydrogens is 284 g/mol. The molecule has 0 saturated carbocycles. The quantitative estimate of drug-likeness (QED) is 0.911. The van der Waals surface area contributed by atoms with Gasteiger partial charge in [0, 0.05) is 11.3 Å². The summed E-state index contributed by atoms with van der Waals surface area (Å²) in [6, 6.07) is 8.81. The maximum absolute atomic E-state index is 10.9. The molecule has 1 aromatic carbocycles. The Morgan fingerprint density at radius 2 is 2.00 bits per heavy atom. The minimum atomic E-state index is -0.426. The molecular formula is C12H11BrN2O2. The fourth-order valence-electron chi connectivity index (χ4n) is 1.39. The Kier molecular flexibility index (Phi) is 3.49. The van der Waals surface area contributed by atoms with Gasteiger partial charge in [-0.15, -0.1) is 0 Å². The van der Waals surface area contributed by atoms with E-state index in [9.17, 15) is 4.79 Å². The van der Waals surface area contributed by atoms with E-state index in [1.54, 1.807) is 30.5 Å². The van der Waals surface area contributed by atoms with Crippen LogP contribution >= 0.6 is 15.9 Å². The van der Waals surface area contributed by atoms with Crippen molar-refractivity contribution in [3.05, 3.63) is 52.4 Å². The molecule has 1 heterocycles. The highest BCUT2D eigenvalue weighted by molar-refractivity contribution is 9.10. The van der Waals surface area contributed by atoms with E-state index < -0.39 is 5.91 Å². The van der Waals surface area contributed by atoms with Crippen LogP contribution in [0, 0.1) is 0 Å². The average Bonchev–Trinajstić information content (AvgIpc) is 2.73. The lowest BCUT2D eigenvalue weighted by molar-refractivity contribution is 0.100. The zero-order chi connectivity index (χ0) is 12.3. The maximum atomic E-state index is 10.9. The van der Waals surface area contributed by atoms with Crippen LogP contribution in [0.15, 0.2) is 45.5 Å². The molecule has 0 aliphatic rings. The fraction of sp³-hybridized carbons (Fsp3) is 0.0833. The number of hydrogen-bond acceptors (Lipinski definition) is 3. The molecule has 0 spiro atoms. The second-order valence-electron chi connectivity index (χ2n) is 3.49. The van der Waals surface area contributed by atoms with Gasteiger partial charge < -0.3 is 15.5 Å². The number of anilines is 1. The lowest BCUT2D eigenvalue weighted by Gasteiger charge is -2.05. The largest absolute Gasteiger partial charge is 0.466 e. The Balaban J connectivity index is 2.00. The first-order valence-electron chi connectivity index (χ1n) is 5.02. The summed E-state index contributed by atoms with van der Waals surface area (Å²) in [5, 5.41) is 3.18. The molecule has 0 aliphatic heterocycles. The maximum Gasteiger partial charge on any atom is 0.248 e. The van der Waals surface area contributed by atoms with Crippen molar-refractivity contribution in [3.8, 4) is 0 Å². The molecule has 1 amide bonds. The number of primary amides is 1. The molecule has 0 bridgehead atoms. The van der Waals surface area contributed by atoms with E-state index in [1.807, 2.05) is 6.07 Å². The van der Waals surface area contributed by atoms with Crippen LogP contribution in [0.4, 0.5) is 5.69 Å². The smallest absolute Gasteiger partial charge is 0.248 e. The van der Waals surface area contributed by atoms with Crippen molar-refractivity contribution in [2.45, 2.75) is 6.54 Å². The van der Waals surface area contributed by atoms with Gasteiger partial charge in [0.2, 0.25) is 5.91 Å². The molecule has 4 nitrogen and oxygen atoms in total. The van der Waals surface area contributed by atoms with Gasteiger partial charge in [0.05, 0.1) is 17.3 Å². The van der Waals surface area contributed by atoms with Crippen molar-refractivity contribution in [1.82, 2.24) is 0 Å². The van der Waals surface area contributed by atoms with Crippen LogP contribution < -0.4 is 11.1 Å². The second kappa shape index (κ2) is 5.05. The number of furan rings is 1. The van der Waals surface area contributed by atoms with Crippen molar-refractivity contribution in [1.29, 1.82) is 0 Å². The molecule has 1 aromatic heterocycles. The summed E-state index contributed by atoms with van der Waals surface area (Å²) in [6.07, 6.45) is 1.62. The summed E-state index contributed by atoms with van der Waals surface area (Å²) < 4.78 is 6.19. The van der Waals surface area contributed by atoms with Crippen molar-refractivity contribution >= 4 is 27.5 Å². The van der Waals surface area contributed by atoms with E-state index >= 15 is 0 Å². The molecule has 0 unspecified atom stereocenters. The number of carbonyl (C=O) groups is 1. The Bertz CT molecular complexity index is 520. The Morgan fingerprint density at radius 1 is 1.29 bits per heavy atom. The molecule has 0 fully saturated rings. The number of benzene rings is 1. The minimum absolute atomic E-state index is 0.426. The Morgan fingerprint density at radius 3 is 2.53 bits per heavy atom. The third-order valence-corrected chi connectivity index (χ3v) is 3.02. The highest BCUT2D eigenvalue weighted by Gasteiger charge is 2.03. The highest BCUT2D eigenvalue weighted by Crippen LogP contribution is 2.19. The van der Waals surface area contributed by atoms with Crippen LogP contribution in [-0.2, 0) is 6.54 Å². The van der Waals surface area contributed by atoms with Crippen LogP contribution in [0.2, 0.25) is 0 Å². The van der Waals surface area contributed by atoms with Gasteiger partial charge >= 0.3 is 0 Å². The molecule has 0 aliphatic carbocycles. The molecule has 0 radical (unpaired) electrons. The first kappa shape index (κ1) is 11.7. The molecule has 2 rings (SSSR count). The van der Waals surface area contributed by atoms with Crippen LogP contribution in [-0.4, -0.2) is 5.91 Å². The van der Waals surface area contributed by atoms with E-state index in [0.29, 0.717) is 12.1 Å². The molecule has 5 heteroatoms. The van der Waals surface area contributed by atoms with Gasteiger partial charge in [-0.2, -0.15) is 0 Å². The molecule has 0 saturated heterocycles. The summed E-state index contributed by atoms with van der Waals surface area (Å²) >= 11 is 3.38. The molecule has 17 heavy (non-hydrogen) atoms. The van der Waals surface area contributed by atoms with E-state index in [-0.39, 0.29) is 0 Å². The van der Waals surface area contributed by atoms with Crippen LogP contribution in [0.25, 0.3) is 0 Å². The number of carbonyl (C=O) groups excluding carboxylic acids is 1. The Labute approximate surface area is 107 Å². The molecule has 0 atom stereocenters. The van der Waals surface area contributed by atoms with E-state index in [1.165, 1.54) is 0 Å². The predicted octanol–water partition coefficient (Wildman–Crippen LogP) is 2.75. The van der Waals surface area contributed by atoms with Crippen molar-refractivity contribution in [2.75, 3.05) is 5.32 Å². The standard InChI is InChI=1S/C12H11BrN2O2/c13-10-5-6-17-11(10)7-15-9-3-1-8(2-4-9)12(14)16/h1-6,15H,7H2,(H2,14,16). The number of hydrogen-bond donors (Lipinski definition) is 2. The van der Waals surface area contributed by atoms with Gasteiger partial charge in [0.15, 0.2) is 0 Å². The second-order valence-corrected chi connectivity index (χ2v) is 4.34. The van der Waals surface area contributed by atoms with E-state index in [0.717, 1.165) is 15.9 Å². The van der Waals surface area contributed by atoms with Crippen molar-refractivity contribution in [3.63, 3.8) is 0 Å². The summed E-state index contributed by atoms with van der Waals surface area (Å²) in [5.41, 5.74) is 6.55. The summed E-state index contributed by atoms with van der Waals surface area (Å²) in [6.45, 7) is 0.573. The Hall–Kier alpha value is -1.75. The zero-order valence-electron chi connectivity index (χ0n) is 8.94. The average molecular weight is 295 g/mol. The van der Waals surface area contributed by atoms with Gasteiger partial charge in [-0.1, -0.05) is 0 Å². The first-order valence-corrected chi connectivity index (χ1v) is 5.82. The summed E-state index contributed by atoms with van der Waals surface area (Å²) in [5.74, 6) is 0.398. The van der Waals surface area contributed by atoms with Gasteiger partial charge in [-0.25, -0.2) is 0 Å². The van der Waals surface area contributed by atoms with Gasteiger partial charge in [-0.05, 0) is 46.3 Å². The molecule has 88 valence electrons. The number of halogens is 1. The summed E-state index contributed by atoms with van der Waals surface area (Å²) in [7, 11) is 0. The summed E-state index contributed by atoms with van der Waals surface area (Å²) in [4.78, 5) is 10.9. The van der Waals surface area contributed by atoms with Crippen LogP contribution in [0.1, 0.15) is 16.1 Å². The van der Waals surface area contributed by atoms with Crippen molar-refractivity contribution in [2.24, 2.45) is 5.73 Å². The SMILES string of the molecule is NC(=O)c1ccc(NCc2occc2Br)cc1. The third-order valence-electron chi connectivity index (χ3n) is 2.31. The highest BCUT2D eigenvalue weighted by atomic mass is 79.9. The van der Waals surface area contributed by atoms with Crippen LogP contribution in [0.5, 0.6) is 0 Å². The normalized spacial score (nSPS) is 10.2. The third kappa shape index (κ3) is 2.88. The molecule has 3 N–H and O–H groups in total. The number of rotatable bonds is 4. The zero-order valence-corrected chi connectivity index (χ0v) is 10.5. The van der Waals surface area contributed by atoms with E-state index in [4.69, 9.17) is 10.2 Å². The lowest BCUT2D eigenvalue weighted by Crippen LogP contribution is -2.10. The number of nitrogens with two attached hydrogens (primary N) is 1. The lowest BCUT2D eigenvalue weighted by atomic mass is 10.2. The predicted molar refractivity (Wildman–Crippen MR) is 68.7 cm³/mol. The van der Waals surface area contributed by atoms with Gasteiger partial charge in [0.25, 0.3) is 0 Å². The minimum Gasteiger partial charge on any atom is -0.466 e. The van der Waals surface area contributed by atoms with Crippen LogP contribution in [0.3, 0.4) is 0 Å². The topological polar surface area (TPSA) is 68.3 Å². The number of amides is 1.